The average molecular weight is 297 g/mol. The molecule has 6 heteroatoms. The van der Waals surface area contributed by atoms with E-state index in [0.29, 0.717) is 5.47 Å². The first-order valence-corrected chi connectivity index (χ1v) is 7.29. The van der Waals surface area contributed by atoms with Crippen LogP contribution in [0.5, 0.6) is 0 Å². The van der Waals surface area contributed by atoms with Crippen LogP contribution in [0.25, 0.3) is 0 Å². The van der Waals surface area contributed by atoms with Crippen molar-refractivity contribution in [3.63, 3.8) is 0 Å². The average Bonchev–Trinajstić information content (AvgIpc) is 2.43. The lowest BCUT2D eigenvalue weighted by molar-refractivity contribution is 0.00578. The van der Waals surface area contributed by atoms with E-state index in [0.717, 1.165) is 0 Å². The summed E-state index contributed by atoms with van der Waals surface area (Å²) in [7, 11) is -0.542. The molecule has 0 aromatic rings. The molecule has 0 aromatic heterocycles. The normalized spacial score (nSPS) is 21.8. The first kappa shape index (κ1) is 18.0. The van der Waals surface area contributed by atoms with Gasteiger partial charge in [-0.25, -0.2) is 4.79 Å². The summed E-state index contributed by atoms with van der Waals surface area (Å²) < 4.78 is 17.1. The molecule has 0 saturated carbocycles. The van der Waals surface area contributed by atoms with Gasteiger partial charge in [-0.15, -0.1) is 6.58 Å². The summed E-state index contributed by atoms with van der Waals surface area (Å²) >= 11 is 0. The van der Waals surface area contributed by atoms with Crippen molar-refractivity contribution in [1.29, 1.82) is 0 Å². The second-order valence-electron chi connectivity index (χ2n) is 7.53. The van der Waals surface area contributed by atoms with Crippen molar-refractivity contribution < 1.29 is 18.8 Å². The molecule has 1 heterocycles. The van der Waals surface area contributed by atoms with Gasteiger partial charge in [-0.3, -0.25) is 0 Å². The third-order valence-electron chi connectivity index (χ3n) is 3.85. The van der Waals surface area contributed by atoms with Crippen molar-refractivity contribution in [2.75, 3.05) is 0 Å². The van der Waals surface area contributed by atoms with Crippen LogP contribution in [-0.4, -0.2) is 36.1 Å². The monoisotopic (exact) mass is 297 g/mol. The van der Waals surface area contributed by atoms with Gasteiger partial charge in [0, 0.05) is 6.04 Å². The summed E-state index contributed by atoms with van der Waals surface area (Å²) in [6.07, 6.45) is -0.479. The van der Waals surface area contributed by atoms with E-state index in [-0.39, 0.29) is 6.04 Å². The minimum Gasteiger partial charge on any atom is -0.444 e. The van der Waals surface area contributed by atoms with Gasteiger partial charge in [0.05, 0.1) is 11.2 Å². The minimum atomic E-state index is -0.542. The topological polar surface area (TPSA) is 56.8 Å². The summed E-state index contributed by atoms with van der Waals surface area (Å²) in [6.45, 7) is 19.2. The maximum absolute atomic E-state index is 11.8. The molecule has 0 aliphatic carbocycles. The lowest BCUT2D eigenvalue weighted by atomic mass is 9.75. The highest BCUT2D eigenvalue weighted by molar-refractivity contribution is 6.54. The summed E-state index contributed by atoms with van der Waals surface area (Å²) in [5.74, 6) is 0. The lowest BCUT2D eigenvalue weighted by Crippen LogP contribution is -2.42. The van der Waals surface area contributed by atoms with Crippen LogP contribution in [0.15, 0.2) is 12.1 Å². The zero-order valence-electron chi connectivity index (χ0n) is 14.5. The maximum Gasteiger partial charge on any atom is 0.492 e. The van der Waals surface area contributed by atoms with E-state index < -0.39 is 30.0 Å². The molecule has 1 N–H and O–H groups in total. The molecular formula is C15H28BNO4. The molecule has 120 valence electrons. The van der Waals surface area contributed by atoms with Crippen LogP contribution in [0.2, 0.25) is 0 Å². The van der Waals surface area contributed by atoms with E-state index in [9.17, 15) is 4.79 Å². The Kier molecular flexibility index (Phi) is 4.85. The van der Waals surface area contributed by atoms with E-state index >= 15 is 0 Å². The Morgan fingerprint density at radius 1 is 1.19 bits per heavy atom. The predicted molar refractivity (Wildman–Crippen MR) is 84.1 cm³/mol. The first-order chi connectivity index (χ1) is 9.25. The molecule has 0 spiro atoms. The molecule has 0 aromatic carbocycles. The predicted octanol–water partition coefficient (Wildman–Crippen LogP) is 3.09. The van der Waals surface area contributed by atoms with E-state index in [1.165, 1.54) is 0 Å². The number of rotatable bonds is 3. The quantitative estimate of drug-likeness (QED) is 0.813. The second-order valence-corrected chi connectivity index (χ2v) is 7.53. The van der Waals surface area contributed by atoms with Crippen molar-refractivity contribution in [1.82, 2.24) is 5.32 Å². The molecule has 1 aliphatic heterocycles. The highest BCUT2D eigenvalue weighted by Gasteiger charge is 2.52. The smallest absolute Gasteiger partial charge is 0.444 e. The van der Waals surface area contributed by atoms with Gasteiger partial charge >= 0.3 is 13.2 Å². The standard InChI is InChI=1S/C15H28BNO4/c1-10(11(2)17-12(18)19-13(3,4)5)16-20-14(6,7)15(8,9)21-16/h11H,1H2,2-9H3,(H,17,18)/t11-/m1/s1. The zero-order chi connectivity index (χ0) is 16.6. The van der Waals surface area contributed by atoms with Crippen molar-refractivity contribution in [3.8, 4) is 0 Å². The Hall–Kier alpha value is -1.01. The molecular weight excluding hydrogens is 269 g/mol. The molecule has 5 nitrogen and oxygen atoms in total. The maximum atomic E-state index is 11.8. The SMILES string of the molecule is C=C(B1OC(C)(C)C(C)(C)O1)[C@@H](C)NC(=O)OC(C)(C)C. The Morgan fingerprint density at radius 3 is 2.00 bits per heavy atom. The molecule has 1 saturated heterocycles. The molecule has 1 rings (SSSR count). The second kappa shape index (κ2) is 5.65. The Labute approximate surface area is 128 Å². The Balaban J connectivity index is 2.63. The van der Waals surface area contributed by atoms with Crippen LogP contribution >= 0.6 is 0 Å². The van der Waals surface area contributed by atoms with Crippen LogP contribution in [0, 0.1) is 0 Å². The van der Waals surface area contributed by atoms with Gasteiger partial charge < -0.3 is 19.4 Å². The van der Waals surface area contributed by atoms with Crippen molar-refractivity contribution >= 4 is 13.2 Å². The number of alkyl carbamates (subject to hydrolysis) is 1. The molecule has 0 bridgehead atoms. The van der Waals surface area contributed by atoms with Gasteiger partial charge in [0.15, 0.2) is 0 Å². The third-order valence-corrected chi connectivity index (χ3v) is 3.85. The van der Waals surface area contributed by atoms with Crippen molar-refractivity contribution in [2.45, 2.75) is 78.2 Å². The van der Waals surface area contributed by atoms with Crippen molar-refractivity contribution in [3.05, 3.63) is 12.1 Å². The molecule has 1 atom stereocenters. The molecule has 0 unspecified atom stereocenters. The highest BCUT2D eigenvalue weighted by atomic mass is 16.7. The van der Waals surface area contributed by atoms with Crippen LogP contribution in [-0.2, 0) is 14.0 Å². The fourth-order valence-corrected chi connectivity index (χ4v) is 1.78. The van der Waals surface area contributed by atoms with E-state index in [1.807, 2.05) is 55.4 Å². The van der Waals surface area contributed by atoms with Crippen LogP contribution < -0.4 is 5.32 Å². The Bertz CT molecular complexity index is 410. The number of carbonyl (C=O) groups is 1. The molecule has 1 amide bonds. The summed E-state index contributed by atoms with van der Waals surface area (Å²) in [6, 6.07) is -0.311. The highest BCUT2D eigenvalue weighted by Crippen LogP contribution is 2.38. The summed E-state index contributed by atoms with van der Waals surface area (Å²) in [5, 5.41) is 2.75. The van der Waals surface area contributed by atoms with Crippen LogP contribution in [0.1, 0.15) is 55.4 Å². The molecule has 21 heavy (non-hydrogen) atoms. The number of hydrogen-bond donors (Lipinski definition) is 1. The molecule has 0 radical (unpaired) electrons. The fourth-order valence-electron chi connectivity index (χ4n) is 1.78. The zero-order valence-corrected chi connectivity index (χ0v) is 14.5. The molecule has 1 aliphatic rings. The van der Waals surface area contributed by atoms with Crippen LogP contribution in [0.4, 0.5) is 4.79 Å². The van der Waals surface area contributed by atoms with Gasteiger partial charge in [-0.2, -0.15) is 0 Å². The van der Waals surface area contributed by atoms with Gasteiger partial charge in [0.25, 0.3) is 0 Å². The van der Waals surface area contributed by atoms with E-state index in [1.54, 1.807) is 0 Å². The summed E-state index contributed by atoms with van der Waals surface area (Å²) in [4.78, 5) is 11.8. The largest absolute Gasteiger partial charge is 0.492 e. The summed E-state index contributed by atoms with van der Waals surface area (Å²) in [5.41, 5.74) is -0.715. The minimum absolute atomic E-state index is 0.311. The third kappa shape index (κ3) is 4.48. The van der Waals surface area contributed by atoms with Gasteiger partial charge in [0.2, 0.25) is 0 Å². The van der Waals surface area contributed by atoms with Crippen LogP contribution in [0.3, 0.4) is 0 Å². The van der Waals surface area contributed by atoms with Gasteiger partial charge in [0.1, 0.15) is 5.60 Å². The number of amides is 1. The van der Waals surface area contributed by atoms with Crippen molar-refractivity contribution in [2.24, 2.45) is 0 Å². The van der Waals surface area contributed by atoms with E-state index in [2.05, 4.69) is 11.9 Å². The van der Waals surface area contributed by atoms with Gasteiger partial charge in [-0.1, -0.05) is 0 Å². The molecule has 1 fully saturated rings. The number of nitrogens with one attached hydrogen (secondary N) is 1. The Morgan fingerprint density at radius 2 is 1.62 bits per heavy atom. The van der Waals surface area contributed by atoms with E-state index in [4.69, 9.17) is 14.0 Å². The number of ether oxygens (including phenoxy) is 1. The number of carbonyl (C=O) groups excluding carboxylic acids is 1. The van der Waals surface area contributed by atoms with Gasteiger partial charge in [-0.05, 0) is 60.9 Å². The lowest BCUT2D eigenvalue weighted by Gasteiger charge is -2.32. The first-order valence-electron chi connectivity index (χ1n) is 7.29. The number of hydrogen-bond acceptors (Lipinski definition) is 4. The fraction of sp³-hybridized carbons (Fsp3) is 0.800.